The molecule has 0 amide bonds. The third-order valence-corrected chi connectivity index (χ3v) is 5.58. The Labute approximate surface area is 119 Å². The second kappa shape index (κ2) is 6.22. The van der Waals surface area contributed by atoms with E-state index in [0.717, 1.165) is 12.1 Å². The number of hydrogen-bond acceptors (Lipinski definition) is 4. The average Bonchev–Trinajstić information content (AvgIpc) is 2.54. The van der Waals surface area contributed by atoms with Gasteiger partial charge in [-0.2, -0.15) is 0 Å². The third kappa shape index (κ3) is 3.69. The summed E-state index contributed by atoms with van der Waals surface area (Å²) >= 11 is 6.21. The molecule has 1 aliphatic heterocycles. The van der Waals surface area contributed by atoms with Gasteiger partial charge in [-0.25, -0.2) is 8.42 Å². The summed E-state index contributed by atoms with van der Waals surface area (Å²) < 4.78 is 23.3. The van der Waals surface area contributed by atoms with Crippen LogP contribution in [0.1, 0.15) is 18.0 Å². The van der Waals surface area contributed by atoms with Gasteiger partial charge in [-0.3, -0.25) is 4.90 Å². The molecule has 0 radical (unpaired) electrons. The molecule has 6 heteroatoms. The van der Waals surface area contributed by atoms with Gasteiger partial charge in [-0.1, -0.05) is 29.8 Å². The number of nitrogens with zero attached hydrogens (tertiary/aromatic N) is 1. The van der Waals surface area contributed by atoms with Crippen molar-refractivity contribution in [2.75, 3.05) is 31.1 Å². The Morgan fingerprint density at radius 1 is 1.26 bits per heavy atom. The van der Waals surface area contributed by atoms with Crippen molar-refractivity contribution < 1.29 is 8.42 Å². The Kier molecular flexibility index (Phi) is 4.84. The minimum absolute atomic E-state index is 0.0120. The maximum atomic E-state index is 11.6. The van der Waals surface area contributed by atoms with Crippen LogP contribution < -0.4 is 5.73 Å². The fourth-order valence-electron chi connectivity index (χ4n) is 2.49. The van der Waals surface area contributed by atoms with Gasteiger partial charge < -0.3 is 5.73 Å². The van der Waals surface area contributed by atoms with Crippen molar-refractivity contribution in [3.05, 3.63) is 34.9 Å². The molecular formula is C13H19ClN2O2S. The van der Waals surface area contributed by atoms with Gasteiger partial charge in [0.1, 0.15) is 0 Å². The Morgan fingerprint density at radius 3 is 2.68 bits per heavy atom. The van der Waals surface area contributed by atoms with Gasteiger partial charge >= 0.3 is 0 Å². The van der Waals surface area contributed by atoms with Crippen LogP contribution in [-0.2, 0) is 9.84 Å². The Bertz CT molecular complexity index is 533. The van der Waals surface area contributed by atoms with Gasteiger partial charge in [-0.15, -0.1) is 0 Å². The quantitative estimate of drug-likeness (QED) is 0.918. The first-order valence-corrected chi connectivity index (χ1v) is 8.62. The monoisotopic (exact) mass is 302 g/mol. The van der Waals surface area contributed by atoms with Crippen LogP contribution in [0.5, 0.6) is 0 Å². The highest BCUT2D eigenvalue weighted by Crippen LogP contribution is 2.27. The summed E-state index contributed by atoms with van der Waals surface area (Å²) in [7, 11) is -2.90. The van der Waals surface area contributed by atoms with Crippen molar-refractivity contribution in [2.24, 2.45) is 5.73 Å². The molecule has 1 aromatic rings. The first-order valence-electron chi connectivity index (χ1n) is 6.42. The summed E-state index contributed by atoms with van der Waals surface area (Å²) in [5.41, 5.74) is 6.85. The van der Waals surface area contributed by atoms with Crippen LogP contribution in [0.3, 0.4) is 0 Å². The molecule has 1 fully saturated rings. The average molecular weight is 303 g/mol. The minimum Gasteiger partial charge on any atom is -0.329 e. The van der Waals surface area contributed by atoms with Gasteiger partial charge in [-0.05, 0) is 24.6 Å². The van der Waals surface area contributed by atoms with E-state index in [0.29, 0.717) is 24.5 Å². The Morgan fingerprint density at radius 2 is 2.00 bits per heavy atom. The lowest BCUT2D eigenvalue weighted by Crippen LogP contribution is -2.36. The summed E-state index contributed by atoms with van der Waals surface area (Å²) in [5.74, 6) is 0.470. The zero-order valence-corrected chi connectivity index (χ0v) is 12.3. The molecule has 2 rings (SSSR count). The number of sulfone groups is 1. The minimum atomic E-state index is -2.90. The molecule has 1 unspecified atom stereocenters. The van der Waals surface area contributed by atoms with E-state index in [9.17, 15) is 8.42 Å². The van der Waals surface area contributed by atoms with E-state index in [2.05, 4.69) is 4.90 Å². The molecule has 1 heterocycles. The lowest BCUT2D eigenvalue weighted by Gasteiger charge is -2.30. The standard InChI is InChI=1S/C13H19ClN2O2S/c14-12-5-2-1-4-11(12)13(10-15)16-6-3-8-19(17,18)9-7-16/h1-2,4-5,13H,3,6-10,15H2. The fourth-order valence-corrected chi connectivity index (χ4v) is 4.03. The SMILES string of the molecule is NCC(c1ccccc1Cl)N1CCCS(=O)(=O)CC1. The van der Waals surface area contributed by atoms with E-state index in [-0.39, 0.29) is 17.5 Å². The van der Waals surface area contributed by atoms with E-state index in [4.69, 9.17) is 17.3 Å². The third-order valence-electron chi connectivity index (χ3n) is 3.52. The predicted octanol–water partition coefficient (Wildman–Crippen LogP) is 1.46. The zero-order valence-electron chi connectivity index (χ0n) is 10.8. The molecule has 19 heavy (non-hydrogen) atoms. The normalized spacial score (nSPS) is 21.8. The molecule has 0 spiro atoms. The summed E-state index contributed by atoms with van der Waals surface area (Å²) in [6.45, 7) is 1.70. The molecule has 0 bridgehead atoms. The van der Waals surface area contributed by atoms with Gasteiger partial charge in [0.15, 0.2) is 9.84 Å². The van der Waals surface area contributed by atoms with Gasteiger partial charge in [0.25, 0.3) is 0 Å². The van der Waals surface area contributed by atoms with E-state index in [1.807, 2.05) is 24.3 Å². The molecular weight excluding hydrogens is 284 g/mol. The van der Waals surface area contributed by atoms with Gasteiger partial charge in [0.2, 0.25) is 0 Å². The number of rotatable bonds is 3. The molecule has 1 saturated heterocycles. The van der Waals surface area contributed by atoms with E-state index in [1.165, 1.54) is 0 Å². The van der Waals surface area contributed by atoms with E-state index < -0.39 is 9.84 Å². The number of nitrogens with two attached hydrogens (primary N) is 1. The lowest BCUT2D eigenvalue weighted by molar-refractivity contribution is 0.218. The molecule has 4 nitrogen and oxygen atoms in total. The largest absolute Gasteiger partial charge is 0.329 e. The highest BCUT2D eigenvalue weighted by atomic mass is 35.5. The van der Waals surface area contributed by atoms with Crippen molar-refractivity contribution in [3.8, 4) is 0 Å². The fraction of sp³-hybridized carbons (Fsp3) is 0.538. The molecule has 1 aromatic carbocycles. The van der Waals surface area contributed by atoms with Crippen LogP contribution in [0.25, 0.3) is 0 Å². The summed E-state index contributed by atoms with van der Waals surface area (Å²) in [6.07, 6.45) is 0.656. The van der Waals surface area contributed by atoms with Crippen LogP contribution in [0.15, 0.2) is 24.3 Å². The molecule has 1 atom stereocenters. The zero-order chi connectivity index (χ0) is 13.9. The van der Waals surface area contributed by atoms with E-state index in [1.54, 1.807) is 0 Å². The highest BCUT2D eigenvalue weighted by molar-refractivity contribution is 7.91. The Balaban J connectivity index is 2.21. The molecule has 0 aliphatic carbocycles. The van der Waals surface area contributed by atoms with Crippen molar-refractivity contribution in [2.45, 2.75) is 12.5 Å². The van der Waals surface area contributed by atoms with Crippen molar-refractivity contribution >= 4 is 21.4 Å². The first kappa shape index (κ1) is 14.8. The topological polar surface area (TPSA) is 63.4 Å². The van der Waals surface area contributed by atoms with Crippen LogP contribution in [0, 0.1) is 0 Å². The molecule has 106 valence electrons. The summed E-state index contributed by atoms with van der Waals surface area (Å²) in [6, 6.07) is 7.60. The maximum Gasteiger partial charge on any atom is 0.151 e. The molecule has 0 saturated carbocycles. The van der Waals surface area contributed by atoms with Crippen molar-refractivity contribution in [3.63, 3.8) is 0 Å². The number of halogens is 1. The smallest absolute Gasteiger partial charge is 0.151 e. The van der Waals surface area contributed by atoms with Crippen LogP contribution >= 0.6 is 11.6 Å². The lowest BCUT2D eigenvalue weighted by atomic mass is 10.0. The van der Waals surface area contributed by atoms with Gasteiger partial charge in [0.05, 0.1) is 11.5 Å². The second-order valence-corrected chi connectivity index (χ2v) is 7.53. The second-order valence-electron chi connectivity index (χ2n) is 4.81. The Hall–Kier alpha value is -0.620. The first-order chi connectivity index (χ1) is 9.03. The van der Waals surface area contributed by atoms with Crippen LogP contribution in [0.2, 0.25) is 5.02 Å². The molecule has 1 aliphatic rings. The molecule has 0 aromatic heterocycles. The van der Waals surface area contributed by atoms with Crippen molar-refractivity contribution in [1.82, 2.24) is 4.90 Å². The van der Waals surface area contributed by atoms with Crippen LogP contribution in [0.4, 0.5) is 0 Å². The maximum absolute atomic E-state index is 11.6. The molecule has 2 N–H and O–H groups in total. The predicted molar refractivity (Wildman–Crippen MR) is 78.1 cm³/mol. The van der Waals surface area contributed by atoms with Gasteiger partial charge in [0, 0.05) is 24.2 Å². The summed E-state index contributed by atoms with van der Waals surface area (Å²) in [5, 5.41) is 0.685. The van der Waals surface area contributed by atoms with Crippen LogP contribution in [-0.4, -0.2) is 44.5 Å². The highest BCUT2D eigenvalue weighted by Gasteiger charge is 2.25. The van der Waals surface area contributed by atoms with E-state index >= 15 is 0 Å². The summed E-state index contributed by atoms with van der Waals surface area (Å²) in [4.78, 5) is 2.13. The number of benzene rings is 1. The number of hydrogen-bond donors (Lipinski definition) is 1. The van der Waals surface area contributed by atoms with Crippen molar-refractivity contribution in [1.29, 1.82) is 0 Å².